The largest absolute Gasteiger partial charge is 0.484 e. The number of carbonyl (C=O) groups is 2. The van der Waals surface area contributed by atoms with E-state index >= 15 is 0 Å². The zero-order valence-corrected chi connectivity index (χ0v) is 17.3. The van der Waals surface area contributed by atoms with Gasteiger partial charge < -0.3 is 15.4 Å². The number of ether oxygens (including phenoxy) is 1. The first kappa shape index (κ1) is 19.8. The first-order valence-corrected chi connectivity index (χ1v) is 10.5. The van der Waals surface area contributed by atoms with Crippen molar-refractivity contribution in [3.8, 4) is 5.75 Å². The van der Waals surface area contributed by atoms with Crippen molar-refractivity contribution in [2.24, 2.45) is 0 Å². The fourth-order valence-corrected chi connectivity index (χ4v) is 3.99. The number of aromatic nitrogens is 1. The Morgan fingerprint density at radius 2 is 1.80 bits per heavy atom. The summed E-state index contributed by atoms with van der Waals surface area (Å²) in [6.45, 7) is 1.87. The maximum absolute atomic E-state index is 12.3. The smallest absolute Gasteiger partial charge is 0.262 e. The van der Waals surface area contributed by atoms with E-state index in [1.807, 2.05) is 61.5 Å². The van der Waals surface area contributed by atoms with Crippen molar-refractivity contribution in [1.82, 2.24) is 4.98 Å². The number of anilines is 2. The molecular weight excluding hydrogens is 398 g/mol. The number of thiazole rings is 1. The van der Waals surface area contributed by atoms with Gasteiger partial charge in [-0.1, -0.05) is 48.6 Å². The normalized spacial score (nSPS) is 10.8. The lowest BCUT2D eigenvalue weighted by Gasteiger charge is -2.08. The van der Waals surface area contributed by atoms with Crippen LogP contribution in [0.4, 0.5) is 10.8 Å². The van der Waals surface area contributed by atoms with Crippen molar-refractivity contribution in [2.45, 2.75) is 19.8 Å². The summed E-state index contributed by atoms with van der Waals surface area (Å²) in [5.74, 6) is 0.355. The molecule has 1 heterocycles. The second-order valence-electron chi connectivity index (χ2n) is 6.85. The molecule has 4 rings (SSSR count). The van der Waals surface area contributed by atoms with Crippen LogP contribution >= 0.6 is 11.3 Å². The van der Waals surface area contributed by atoms with E-state index in [1.54, 1.807) is 6.07 Å². The maximum Gasteiger partial charge on any atom is 0.262 e. The van der Waals surface area contributed by atoms with Crippen LogP contribution in [0.5, 0.6) is 5.75 Å². The Bertz CT molecular complexity index is 1220. The van der Waals surface area contributed by atoms with Crippen molar-refractivity contribution in [3.63, 3.8) is 0 Å². The second kappa shape index (κ2) is 8.92. The summed E-state index contributed by atoms with van der Waals surface area (Å²) in [5, 5.41) is 8.39. The minimum Gasteiger partial charge on any atom is -0.484 e. The quantitative estimate of drug-likeness (QED) is 0.431. The molecule has 0 aliphatic rings. The van der Waals surface area contributed by atoms with Crippen LogP contribution in [0, 0.1) is 0 Å². The van der Waals surface area contributed by atoms with Gasteiger partial charge >= 0.3 is 0 Å². The Morgan fingerprint density at radius 1 is 0.967 bits per heavy atom. The number of nitrogens with one attached hydrogen (secondary N) is 2. The van der Waals surface area contributed by atoms with Crippen LogP contribution in [0.15, 0.2) is 60.7 Å². The van der Waals surface area contributed by atoms with E-state index in [4.69, 9.17) is 4.74 Å². The van der Waals surface area contributed by atoms with E-state index in [9.17, 15) is 9.59 Å². The van der Waals surface area contributed by atoms with Gasteiger partial charge in [-0.25, -0.2) is 4.98 Å². The molecule has 0 spiro atoms. The summed E-state index contributed by atoms with van der Waals surface area (Å²) in [6, 6.07) is 19.2. The number of rotatable bonds is 7. The summed E-state index contributed by atoms with van der Waals surface area (Å²) in [4.78, 5) is 28.5. The highest BCUT2D eigenvalue weighted by Gasteiger charge is 2.10. The minimum atomic E-state index is -0.247. The van der Waals surface area contributed by atoms with Crippen molar-refractivity contribution in [2.75, 3.05) is 17.2 Å². The number of hydrogen-bond donors (Lipinski definition) is 2. The molecule has 3 aromatic carbocycles. The van der Waals surface area contributed by atoms with Gasteiger partial charge in [0.05, 0.1) is 10.2 Å². The summed E-state index contributed by atoms with van der Waals surface area (Å²) in [6.07, 6.45) is 1.25. The lowest BCUT2D eigenvalue weighted by molar-refractivity contribution is -0.118. The molecule has 0 atom stereocenters. The Labute approximate surface area is 177 Å². The predicted octanol–water partition coefficient (Wildman–Crippen LogP) is 5.21. The maximum atomic E-state index is 12.3. The molecule has 0 unspecified atom stereocenters. The van der Waals surface area contributed by atoms with Crippen molar-refractivity contribution in [3.05, 3.63) is 60.7 Å². The highest BCUT2D eigenvalue weighted by atomic mass is 32.1. The molecule has 7 heteroatoms. The lowest BCUT2D eigenvalue weighted by atomic mass is 10.1. The Morgan fingerprint density at radius 3 is 2.63 bits per heavy atom. The molecule has 1 aromatic heterocycles. The number of nitrogens with zero attached hydrogens (tertiary/aromatic N) is 1. The van der Waals surface area contributed by atoms with Crippen LogP contribution < -0.4 is 15.4 Å². The monoisotopic (exact) mass is 419 g/mol. The van der Waals surface area contributed by atoms with Gasteiger partial charge in [0.1, 0.15) is 5.75 Å². The molecule has 0 radical (unpaired) electrons. The number of benzene rings is 3. The van der Waals surface area contributed by atoms with E-state index in [0.29, 0.717) is 23.0 Å². The zero-order valence-electron chi connectivity index (χ0n) is 16.5. The van der Waals surface area contributed by atoms with Crippen LogP contribution in [-0.4, -0.2) is 23.4 Å². The number of hydrogen-bond acceptors (Lipinski definition) is 5. The lowest BCUT2D eigenvalue weighted by Crippen LogP contribution is -2.20. The Kier molecular flexibility index (Phi) is 5.90. The molecular formula is C23H21N3O3S. The van der Waals surface area contributed by atoms with Gasteiger partial charge in [0, 0.05) is 12.1 Å². The second-order valence-corrected chi connectivity index (χ2v) is 7.88. The molecule has 4 aromatic rings. The third kappa shape index (κ3) is 4.75. The fraction of sp³-hybridized carbons (Fsp3) is 0.174. The van der Waals surface area contributed by atoms with Crippen LogP contribution in [-0.2, 0) is 9.59 Å². The van der Waals surface area contributed by atoms with Crippen molar-refractivity contribution in [1.29, 1.82) is 0 Å². The van der Waals surface area contributed by atoms with E-state index < -0.39 is 0 Å². The van der Waals surface area contributed by atoms with E-state index in [0.717, 1.165) is 27.4 Å². The van der Waals surface area contributed by atoms with E-state index in [-0.39, 0.29) is 18.4 Å². The minimum absolute atomic E-state index is 0.0454. The highest BCUT2D eigenvalue weighted by molar-refractivity contribution is 7.22. The summed E-state index contributed by atoms with van der Waals surface area (Å²) in [7, 11) is 0. The fourth-order valence-electron chi connectivity index (χ4n) is 3.07. The first-order valence-electron chi connectivity index (χ1n) is 9.72. The van der Waals surface area contributed by atoms with Gasteiger partial charge in [-0.2, -0.15) is 0 Å². The molecule has 152 valence electrons. The number of amides is 2. The van der Waals surface area contributed by atoms with Gasteiger partial charge in [-0.3, -0.25) is 9.59 Å². The highest BCUT2D eigenvalue weighted by Crippen LogP contribution is 2.28. The average Bonchev–Trinajstić information content (AvgIpc) is 3.13. The predicted molar refractivity (Wildman–Crippen MR) is 121 cm³/mol. The summed E-state index contributed by atoms with van der Waals surface area (Å²) in [5.41, 5.74) is 1.43. The van der Waals surface area contributed by atoms with Crippen LogP contribution in [0.25, 0.3) is 21.0 Å². The molecule has 0 aliphatic carbocycles. The van der Waals surface area contributed by atoms with Gasteiger partial charge in [-0.15, -0.1) is 0 Å². The van der Waals surface area contributed by atoms with Crippen molar-refractivity contribution >= 4 is 55.0 Å². The molecule has 2 amide bonds. The van der Waals surface area contributed by atoms with Crippen molar-refractivity contribution < 1.29 is 14.3 Å². The van der Waals surface area contributed by atoms with Gasteiger partial charge in [0.15, 0.2) is 11.7 Å². The van der Waals surface area contributed by atoms with Crippen LogP contribution in [0.1, 0.15) is 19.8 Å². The van der Waals surface area contributed by atoms with Crippen LogP contribution in [0.3, 0.4) is 0 Å². The summed E-state index contributed by atoms with van der Waals surface area (Å²) < 4.78 is 6.52. The van der Waals surface area contributed by atoms with E-state index in [1.165, 1.54) is 11.3 Å². The molecule has 30 heavy (non-hydrogen) atoms. The zero-order chi connectivity index (χ0) is 20.9. The molecule has 0 aliphatic heterocycles. The molecule has 0 fully saturated rings. The van der Waals surface area contributed by atoms with E-state index in [2.05, 4.69) is 15.6 Å². The standard InChI is InChI=1S/C23H21N3O3S/c1-2-5-21(27)26-23-25-19-11-9-17(13-20(19)30-23)24-22(28)14-29-18-10-8-15-6-3-4-7-16(15)12-18/h3-4,6-13H,2,5,14H2,1H3,(H,24,28)(H,25,26,27). The topological polar surface area (TPSA) is 80.3 Å². The Balaban J connectivity index is 1.37. The molecule has 2 N–H and O–H groups in total. The number of fused-ring (bicyclic) bond motifs is 2. The molecule has 6 nitrogen and oxygen atoms in total. The molecule has 0 saturated carbocycles. The average molecular weight is 420 g/mol. The third-order valence-electron chi connectivity index (χ3n) is 4.49. The third-order valence-corrected chi connectivity index (χ3v) is 5.42. The summed E-state index contributed by atoms with van der Waals surface area (Å²) >= 11 is 1.38. The Hall–Kier alpha value is -3.45. The first-order chi connectivity index (χ1) is 14.6. The van der Waals surface area contributed by atoms with Crippen LogP contribution in [0.2, 0.25) is 0 Å². The molecule has 0 bridgehead atoms. The van der Waals surface area contributed by atoms with Gasteiger partial charge in [0.25, 0.3) is 5.91 Å². The number of carbonyl (C=O) groups excluding carboxylic acids is 2. The van der Waals surface area contributed by atoms with Gasteiger partial charge in [0.2, 0.25) is 5.91 Å². The SMILES string of the molecule is CCCC(=O)Nc1nc2ccc(NC(=O)COc3ccc4ccccc4c3)cc2s1. The molecule has 0 saturated heterocycles. The van der Waals surface area contributed by atoms with Gasteiger partial charge in [-0.05, 0) is 47.5 Å².